The summed E-state index contributed by atoms with van der Waals surface area (Å²) in [6.07, 6.45) is 2.81. The molecule has 1 amide bonds. The largest absolute Gasteiger partial charge is 0.343 e. The number of likely N-dealkylation sites (tertiary alicyclic amines) is 1. The van der Waals surface area contributed by atoms with Crippen LogP contribution in [0.15, 0.2) is 0 Å². The molecule has 0 spiro atoms. The SMILES string of the molecule is CC(N)CC(=O)N1CCCC1.Cl. The maximum atomic E-state index is 11.3. The van der Waals surface area contributed by atoms with Crippen molar-refractivity contribution < 1.29 is 4.79 Å². The van der Waals surface area contributed by atoms with Crippen molar-refractivity contribution in [3.8, 4) is 0 Å². The van der Waals surface area contributed by atoms with Gasteiger partial charge >= 0.3 is 0 Å². The first kappa shape index (κ1) is 11.7. The number of nitrogens with zero attached hydrogens (tertiary/aromatic N) is 1. The lowest BCUT2D eigenvalue weighted by molar-refractivity contribution is -0.130. The quantitative estimate of drug-likeness (QED) is 0.703. The number of halogens is 1. The van der Waals surface area contributed by atoms with E-state index in [1.54, 1.807) is 0 Å². The molecular formula is C8H17ClN2O. The van der Waals surface area contributed by atoms with Crippen molar-refractivity contribution in [3.05, 3.63) is 0 Å². The Kier molecular flexibility index (Phi) is 5.25. The zero-order chi connectivity index (χ0) is 8.27. The number of carbonyl (C=O) groups is 1. The minimum absolute atomic E-state index is 0. The van der Waals surface area contributed by atoms with E-state index in [2.05, 4.69) is 0 Å². The molecule has 1 heterocycles. The van der Waals surface area contributed by atoms with Crippen LogP contribution in [0.5, 0.6) is 0 Å². The summed E-state index contributed by atoms with van der Waals surface area (Å²) >= 11 is 0. The average molecular weight is 193 g/mol. The third kappa shape index (κ3) is 3.41. The maximum Gasteiger partial charge on any atom is 0.224 e. The average Bonchev–Trinajstić information content (AvgIpc) is 2.35. The fourth-order valence-corrected chi connectivity index (χ4v) is 1.37. The van der Waals surface area contributed by atoms with Gasteiger partial charge in [0.2, 0.25) is 5.91 Å². The zero-order valence-electron chi connectivity index (χ0n) is 7.45. The Morgan fingerprint density at radius 1 is 1.50 bits per heavy atom. The molecule has 1 fully saturated rings. The van der Waals surface area contributed by atoms with Crippen molar-refractivity contribution in [1.29, 1.82) is 0 Å². The van der Waals surface area contributed by atoms with Crippen molar-refractivity contribution >= 4 is 18.3 Å². The van der Waals surface area contributed by atoms with E-state index >= 15 is 0 Å². The van der Waals surface area contributed by atoms with Crippen LogP contribution in [0.25, 0.3) is 0 Å². The number of amides is 1. The standard InChI is InChI=1S/C8H16N2O.ClH/c1-7(9)6-8(11)10-4-2-3-5-10;/h7H,2-6,9H2,1H3;1H. The highest BCUT2D eigenvalue weighted by Crippen LogP contribution is 2.09. The summed E-state index contributed by atoms with van der Waals surface area (Å²) < 4.78 is 0. The maximum absolute atomic E-state index is 11.3. The lowest BCUT2D eigenvalue weighted by Crippen LogP contribution is -2.32. The first-order valence-corrected chi connectivity index (χ1v) is 4.23. The van der Waals surface area contributed by atoms with E-state index in [0.29, 0.717) is 6.42 Å². The molecule has 0 saturated carbocycles. The van der Waals surface area contributed by atoms with Gasteiger partial charge in [0, 0.05) is 25.6 Å². The first-order chi connectivity index (χ1) is 5.20. The molecule has 1 aliphatic heterocycles. The highest BCUT2D eigenvalue weighted by Gasteiger charge is 2.18. The van der Waals surface area contributed by atoms with Gasteiger partial charge in [-0.2, -0.15) is 0 Å². The first-order valence-electron chi connectivity index (χ1n) is 4.23. The van der Waals surface area contributed by atoms with Gasteiger partial charge in [-0.25, -0.2) is 0 Å². The molecule has 0 bridgehead atoms. The van der Waals surface area contributed by atoms with Crippen molar-refractivity contribution in [2.75, 3.05) is 13.1 Å². The smallest absolute Gasteiger partial charge is 0.224 e. The van der Waals surface area contributed by atoms with Crippen molar-refractivity contribution in [1.82, 2.24) is 4.90 Å². The van der Waals surface area contributed by atoms with Crippen LogP contribution < -0.4 is 5.73 Å². The van der Waals surface area contributed by atoms with Gasteiger partial charge in [0.1, 0.15) is 0 Å². The van der Waals surface area contributed by atoms with E-state index in [1.165, 1.54) is 0 Å². The number of rotatable bonds is 2. The predicted molar refractivity (Wildman–Crippen MR) is 51.3 cm³/mol. The third-order valence-electron chi connectivity index (χ3n) is 1.96. The number of hydrogen-bond donors (Lipinski definition) is 1. The molecule has 2 N–H and O–H groups in total. The molecular weight excluding hydrogens is 176 g/mol. The van der Waals surface area contributed by atoms with Crippen molar-refractivity contribution in [2.24, 2.45) is 5.73 Å². The second-order valence-corrected chi connectivity index (χ2v) is 3.27. The molecule has 1 unspecified atom stereocenters. The van der Waals surface area contributed by atoms with E-state index in [9.17, 15) is 4.79 Å². The normalized spacial score (nSPS) is 18.7. The fraction of sp³-hybridized carbons (Fsp3) is 0.875. The van der Waals surface area contributed by atoms with Crippen LogP contribution in [0.4, 0.5) is 0 Å². The molecule has 1 atom stereocenters. The van der Waals surface area contributed by atoms with Crippen LogP contribution in [-0.2, 0) is 4.79 Å². The van der Waals surface area contributed by atoms with Crippen LogP contribution in [0.1, 0.15) is 26.2 Å². The lowest BCUT2D eigenvalue weighted by Gasteiger charge is -2.15. The van der Waals surface area contributed by atoms with Crippen LogP contribution in [-0.4, -0.2) is 29.9 Å². The molecule has 0 aromatic carbocycles. The van der Waals surface area contributed by atoms with Gasteiger partial charge in [-0.15, -0.1) is 12.4 Å². The van der Waals surface area contributed by atoms with Crippen LogP contribution >= 0.6 is 12.4 Å². The molecule has 0 aromatic rings. The Hall–Kier alpha value is -0.280. The number of nitrogens with two attached hydrogens (primary N) is 1. The summed E-state index contributed by atoms with van der Waals surface area (Å²) in [5.41, 5.74) is 5.51. The summed E-state index contributed by atoms with van der Waals surface area (Å²) in [5.74, 6) is 0.220. The minimum Gasteiger partial charge on any atom is -0.343 e. The summed E-state index contributed by atoms with van der Waals surface area (Å²) in [4.78, 5) is 13.2. The summed E-state index contributed by atoms with van der Waals surface area (Å²) in [6, 6.07) is 0.00287. The van der Waals surface area contributed by atoms with E-state index in [1.807, 2.05) is 11.8 Å². The van der Waals surface area contributed by atoms with Gasteiger partial charge in [-0.1, -0.05) is 0 Å². The monoisotopic (exact) mass is 192 g/mol. The second kappa shape index (κ2) is 5.38. The fourth-order valence-electron chi connectivity index (χ4n) is 1.37. The molecule has 72 valence electrons. The van der Waals surface area contributed by atoms with Gasteiger partial charge in [-0.3, -0.25) is 4.79 Å². The van der Waals surface area contributed by atoms with Gasteiger partial charge in [0.15, 0.2) is 0 Å². The summed E-state index contributed by atoms with van der Waals surface area (Å²) in [7, 11) is 0. The Bertz CT molecular complexity index is 144. The van der Waals surface area contributed by atoms with Crippen LogP contribution in [0, 0.1) is 0 Å². The number of hydrogen-bond acceptors (Lipinski definition) is 2. The molecule has 1 saturated heterocycles. The minimum atomic E-state index is 0. The molecule has 3 nitrogen and oxygen atoms in total. The van der Waals surface area contributed by atoms with E-state index < -0.39 is 0 Å². The van der Waals surface area contributed by atoms with E-state index in [0.717, 1.165) is 25.9 Å². The van der Waals surface area contributed by atoms with Gasteiger partial charge in [0.25, 0.3) is 0 Å². The second-order valence-electron chi connectivity index (χ2n) is 3.27. The Balaban J connectivity index is 0.00000121. The molecule has 4 heteroatoms. The molecule has 0 aliphatic carbocycles. The molecule has 1 rings (SSSR count). The van der Waals surface area contributed by atoms with Crippen LogP contribution in [0.2, 0.25) is 0 Å². The highest BCUT2D eigenvalue weighted by molar-refractivity contribution is 5.85. The molecule has 0 aromatic heterocycles. The van der Waals surface area contributed by atoms with Crippen molar-refractivity contribution in [3.63, 3.8) is 0 Å². The van der Waals surface area contributed by atoms with Gasteiger partial charge in [-0.05, 0) is 19.8 Å². The summed E-state index contributed by atoms with van der Waals surface area (Å²) in [6.45, 7) is 3.74. The number of carbonyl (C=O) groups excluding carboxylic acids is 1. The Morgan fingerprint density at radius 3 is 2.42 bits per heavy atom. The zero-order valence-corrected chi connectivity index (χ0v) is 8.27. The van der Waals surface area contributed by atoms with Gasteiger partial charge in [0.05, 0.1) is 0 Å². The molecule has 0 radical (unpaired) electrons. The van der Waals surface area contributed by atoms with E-state index in [-0.39, 0.29) is 24.4 Å². The third-order valence-corrected chi connectivity index (χ3v) is 1.96. The van der Waals surface area contributed by atoms with Crippen LogP contribution in [0.3, 0.4) is 0 Å². The Labute approximate surface area is 79.7 Å². The van der Waals surface area contributed by atoms with Gasteiger partial charge < -0.3 is 10.6 Å². The van der Waals surface area contributed by atoms with Crippen molar-refractivity contribution in [2.45, 2.75) is 32.2 Å². The molecule has 1 aliphatic rings. The predicted octanol–water partition coefficient (Wildman–Crippen LogP) is 0.768. The summed E-state index contributed by atoms with van der Waals surface area (Å²) in [5, 5.41) is 0. The topological polar surface area (TPSA) is 46.3 Å². The highest BCUT2D eigenvalue weighted by atomic mass is 35.5. The Morgan fingerprint density at radius 2 is 2.00 bits per heavy atom. The molecule has 12 heavy (non-hydrogen) atoms. The van der Waals surface area contributed by atoms with E-state index in [4.69, 9.17) is 5.73 Å². The lowest BCUT2D eigenvalue weighted by atomic mass is 10.2.